The first-order chi connectivity index (χ1) is 4.75. The van der Waals surface area contributed by atoms with E-state index in [-0.39, 0.29) is 19.1 Å². The van der Waals surface area contributed by atoms with Crippen LogP contribution in [0.5, 0.6) is 0 Å². The van der Waals surface area contributed by atoms with Crippen molar-refractivity contribution in [3.63, 3.8) is 0 Å². The van der Waals surface area contributed by atoms with Gasteiger partial charge in [-0.15, -0.1) is 0 Å². The standard InChI is InChI=1S/C6H12FNO2/c7-5-2-8-1-4(3-9)6(5)10/h4-6,8-10H,1-3H2/t4-,5+,6-/m0/s1. The van der Waals surface area contributed by atoms with Gasteiger partial charge in [0.15, 0.2) is 0 Å². The predicted molar refractivity (Wildman–Crippen MR) is 34.3 cm³/mol. The molecule has 1 heterocycles. The second-order valence-corrected chi connectivity index (χ2v) is 2.61. The number of halogens is 1. The molecular weight excluding hydrogens is 137 g/mol. The third-order valence-corrected chi connectivity index (χ3v) is 1.83. The maximum absolute atomic E-state index is 12.6. The van der Waals surface area contributed by atoms with Crippen molar-refractivity contribution >= 4 is 0 Å². The molecular formula is C6H12FNO2. The summed E-state index contributed by atoms with van der Waals surface area (Å²) in [5, 5.41) is 20.4. The number of hydrogen-bond donors (Lipinski definition) is 3. The smallest absolute Gasteiger partial charge is 0.139 e. The number of nitrogens with one attached hydrogen (secondary N) is 1. The molecule has 0 aromatic rings. The lowest BCUT2D eigenvalue weighted by atomic mass is 9.96. The molecule has 0 radical (unpaired) electrons. The van der Waals surface area contributed by atoms with E-state index in [9.17, 15) is 4.39 Å². The van der Waals surface area contributed by atoms with Crippen molar-refractivity contribution in [1.29, 1.82) is 0 Å². The average Bonchev–Trinajstić information content (AvgIpc) is 1.95. The number of alkyl halides is 1. The fourth-order valence-corrected chi connectivity index (χ4v) is 1.12. The van der Waals surface area contributed by atoms with Crippen molar-refractivity contribution in [1.82, 2.24) is 5.32 Å². The van der Waals surface area contributed by atoms with Crippen LogP contribution in [0, 0.1) is 5.92 Å². The van der Waals surface area contributed by atoms with Gasteiger partial charge >= 0.3 is 0 Å². The van der Waals surface area contributed by atoms with E-state index in [1.165, 1.54) is 0 Å². The third-order valence-electron chi connectivity index (χ3n) is 1.83. The molecule has 0 spiro atoms. The Labute approximate surface area is 58.9 Å². The van der Waals surface area contributed by atoms with Crippen molar-refractivity contribution in [2.24, 2.45) is 5.92 Å². The van der Waals surface area contributed by atoms with E-state index in [2.05, 4.69) is 5.32 Å². The van der Waals surface area contributed by atoms with Crippen LogP contribution in [0.15, 0.2) is 0 Å². The molecule has 0 amide bonds. The molecule has 10 heavy (non-hydrogen) atoms. The third kappa shape index (κ3) is 1.45. The van der Waals surface area contributed by atoms with Crippen molar-refractivity contribution in [3.8, 4) is 0 Å². The maximum Gasteiger partial charge on any atom is 0.139 e. The number of hydrogen-bond acceptors (Lipinski definition) is 3. The first-order valence-electron chi connectivity index (χ1n) is 3.39. The minimum absolute atomic E-state index is 0.158. The van der Waals surface area contributed by atoms with E-state index in [1.54, 1.807) is 0 Å². The van der Waals surface area contributed by atoms with E-state index in [1.807, 2.05) is 0 Å². The number of aliphatic hydroxyl groups excluding tert-OH is 2. The Hall–Kier alpha value is -0.190. The second-order valence-electron chi connectivity index (χ2n) is 2.61. The first kappa shape index (κ1) is 7.91. The fraction of sp³-hybridized carbons (Fsp3) is 1.00. The molecule has 0 aliphatic carbocycles. The van der Waals surface area contributed by atoms with Crippen LogP contribution in [0.1, 0.15) is 0 Å². The van der Waals surface area contributed by atoms with E-state index in [0.29, 0.717) is 6.54 Å². The average molecular weight is 149 g/mol. The van der Waals surface area contributed by atoms with E-state index < -0.39 is 12.3 Å². The van der Waals surface area contributed by atoms with Crippen LogP contribution in [-0.2, 0) is 0 Å². The van der Waals surface area contributed by atoms with Crippen LogP contribution in [0.2, 0.25) is 0 Å². The summed E-state index contributed by atoms with van der Waals surface area (Å²) in [6, 6.07) is 0. The van der Waals surface area contributed by atoms with Crippen molar-refractivity contribution < 1.29 is 14.6 Å². The molecule has 0 saturated carbocycles. The van der Waals surface area contributed by atoms with Crippen molar-refractivity contribution in [2.45, 2.75) is 12.3 Å². The van der Waals surface area contributed by atoms with Crippen LogP contribution in [0.25, 0.3) is 0 Å². The highest BCUT2D eigenvalue weighted by Crippen LogP contribution is 2.13. The highest BCUT2D eigenvalue weighted by Gasteiger charge is 2.30. The largest absolute Gasteiger partial charge is 0.396 e. The topological polar surface area (TPSA) is 52.5 Å². The zero-order chi connectivity index (χ0) is 7.56. The fourth-order valence-electron chi connectivity index (χ4n) is 1.12. The number of aliphatic hydroxyl groups is 2. The normalized spacial score (nSPS) is 41.7. The highest BCUT2D eigenvalue weighted by molar-refractivity contribution is 4.83. The Kier molecular flexibility index (Phi) is 2.59. The summed E-state index contributed by atoms with van der Waals surface area (Å²) >= 11 is 0. The van der Waals surface area contributed by atoms with Crippen LogP contribution in [0.3, 0.4) is 0 Å². The monoisotopic (exact) mass is 149 g/mol. The molecule has 0 unspecified atom stereocenters. The molecule has 1 aliphatic rings. The summed E-state index contributed by atoms with van der Waals surface area (Å²) < 4.78 is 12.6. The van der Waals surface area contributed by atoms with E-state index in [4.69, 9.17) is 10.2 Å². The summed E-state index contributed by atoms with van der Waals surface area (Å²) in [6.07, 6.45) is -2.22. The highest BCUT2D eigenvalue weighted by atomic mass is 19.1. The van der Waals surface area contributed by atoms with Gasteiger partial charge in [0.05, 0.1) is 6.10 Å². The number of rotatable bonds is 1. The van der Waals surface area contributed by atoms with Gasteiger partial charge in [0, 0.05) is 25.6 Å². The Morgan fingerprint density at radius 1 is 1.50 bits per heavy atom. The lowest BCUT2D eigenvalue weighted by Gasteiger charge is -2.29. The Balaban J connectivity index is 2.42. The molecule has 0 aromatic heterocycles. The van der Waals surface area contributed by atoms with Gasteiger partial charge in [-0.1, -0.05) is 0 Å². The van der Waals surface area contributed by atoms with Gasteiger partial charge in [0.25, 0.3) is 0 Å². The summed E-state index contributed by atoms with van der Waals surface area (Å²) in [6.45, 7) is 0.532. The first-order valence-corrected chi connectivity index (χ1v) is 3.39. The van der Waals surface area contributed by atoms with Crippen molar-refractivity contribution in [2.75, 3.05) is 19.7 Å². The van der Waals surface area contributed by atoms with Gasteiger partial charge in [-0.2, -0.15) is 0 Å². The molecule has 3 nitrogen and oxygen atoms in total. The quantitative estimate of drug-likeness (QED) is 0.443. The van der Waals surface area contributed by atoms with Crippen LogP contribution in [-0.4, -0.2) is 42.2 Å². The number of piperidine rings is 1. The van der Waals surface area contributed by atoms with Gasteiger partial charge in [-0.25, -0.2) is 4.39 Å². The van der Waals surface area contributed by atoms with Crippen LogP contribution >= 0.6 is 0 Å². The molecule has 3 N–H and O–H groups in total. The van der Waals surface area contributed by atoms with Crippen LogP contribution in [0.4, 0.5) is 4.39 Å². The van der Waals surface area contributed by atoms with Gasteiger partial charge in [-0.05, 0) is 0 Å². The molecule has 0 bridgehead atoms. The summed E-state index contributed by atoms with van der Waals surface area (Å²) in [4.78, 5) is 0. The van der Waals surface area contributed by atoms with Gasteiger partial charge in [0.1, 0.15) is 6.17 Å². The Bertz CT molecular complexity index is 112. The van der Waals surface area contributed by atoms with Gasteiger partial charge in [-0.3, -0.25) is 0 Å². The minimum Gasteiger partial charge on any atom is -0.396 e. The second kappa shape index (κ2) is 3.27. The van der Waals surface area contributed by atoms with Gasteiger partial charge in [0.2, 0.25) is 0 Å². The molecule has 60 valence electrons. The molecule has 3 atom stereocenters. The lowest BCUT2D eigenvalue weighted by molar-refractivity contribution is -0.0122. The van der Waals surface area contributed by atoms with Gasteiger partial charge < -0.3 is 15.5 Å². The maximum atomic E-state index is 12.6. The lowest BCUT2D eigenvalue weighted by Crippen LogP contribution is -2.49. The Morgan fingerprint density at radius 3 is 2.70 bits per heavy atom. The molecule has 1 aliphatic heterocycles. The molecule has 1 rings (SSSR count). The van der Waals surface area contributed by atoms with E-state index >= 15 is 0 Å². The molecule has 4 heteroatoms. The molecule has 1 fully saturated rings. The summed E-state index contributed by atoms with van der Waals surface area (Å²) in [5.74, 6) is -0.344. The molecule has 0 aromatic carbocycles. The van der Waals surface area contributed by atoms with Crippen molar-refractivity contribution in [3.05, 3.63) is 0 Å². The SMILES string of the molecule is OC[C@@H]1CNC[C@@H](F)[C@H]1O. The zero-order valence-corrected chi connectivity index (χ0v) is 5.63. The zero-order valence-electron chi connectivity index (χ0n) is 5.63. The molecule has 1 saturated heterocycles. The minimum atomic E-state index is -1.23. The predicted octanol–water partition coefficient (Wildman–Crippen LogP) is -1.10. The van der Waals surface area contributed by atoms with E-state index in [0.717, 1.165) is 0 Å². The Morgan fingerprint density at radius 2 is 2.20 bits per heavy atom. The summed E-state index contributed by atoms with van der Waals surface area (Å²) in [7, 11) is 0. The summed E-state index contributed by atoms with van der Waals surface area (Å²) in [5.41, 5.74) is 0. The van der Waals surface area contributed by atoms with Crippen LogP contribution < -0.4 is 5.32 Å².